The van der Waals surface area contributed by atoms with Crippen LogP contribution in [0.4, 0.5) is 5.69 Å². The fourth-order valence-corrected chi connectivity index (χ4v) is 1.48. The number of nitrogens with zero attached hydrogens (tertiary/aromatic N) is 1. The number of carbonyl (C=O) groups excluding carboxylic acids is 1. The van der Waals surface area contributed by atoms with E-state index in [2.05, 4.69) is 5.32 Å². The fraction of sp³-hybridized carbons (Fsp3) is 0.364. The molecule has 0 heterocycles. The maximum absolute atomic E-state index is 10.8. The van der Waals surface area contributed by atoms with Crippen molar-refractivity contribution < 1.29 is 14.8 Å². The SMILES string of the molecule is CC(=O)N[C@H](C)C(O)c1ccc([N+](=O)[O-])cc1. The van der Waals surface area contributed by atoms with Crippen LogP contribution in [0.3, 0.4) is 0 Å². The third-order valence-electron chi connectivity index (χ3n) is 2.35. The standard InChI is InChI=1S/C11H14N2O4/c1-7(12-8(2)14)11(15)9-3-5-10(6-4-9)13(16)17/h3-7,11,15H,1-2H3,(H,12,14)/t7-,11?/m1/s1. The maximum atomic E-state index is 10.8. The number of aliphatic hydroxyl groups excluding tert-OH is 1. The third kappa shape index (κ3) is 3.53. The molecule has 0 aliphatic carbocycles. The molecule has 0 saturated heterocycles. The highest BCUT2D eigenvalue weighted by Gasteiger charge is 2.17. The molecule has 1 amide bonds. The van der Waals surface area contributed by atoms with E-state index in [1.807, 2.05) is 0 Å². The zero-order valence-electron chi connectivity index (χ0n) is 9.58. The minimum atomic E-state index is -0.889. The van der Waals surface area contributed by atoms with E-state index in [-0.39, 0.29) is 11.6 Å². The molecule has 2 atom stereocenters. The second-order valence-corrected chi connectivity index (χ2v) is 3.78. The van der Waals surface area contributed by atoms with E-state index < -0.39 is 17.1 Å². The van der Waals surface area contributed by atoms with E-state index in [1.165, 1.54) is 31.2 Å². The lowest BCUT2D eigenvalue weighted by molar-refractivity contribution is -0.384. The van der Waals surface area contributed by atoms with Gasteiger partial charge in [-0.3, -0.25) is 14.9 Å². The first kappa shape index (κ1) is 13.1. The van der Waals surface area contributed by atoms with Gasteiger partial charge < -0.3 is 10.4 Å². The highest BCUT2D eigenvalue weighted by atomic mass is 16.6. The minimum Gasteiger partial charge on any atom is -0.386 e. The van der Waals surface area contributed by atoms with Gasteiger partial charge in [-0.1, -0.05) is 0 Å². The third-order valence-corrected chi connectivity index (χ3v) is 2.35. The molecule has 6 nitrogen and oxygen atoms in total. The van der Waals surface area contributed by atoms with Crippen molar-refractivity contribution >= 4 is 11.6 Å². The highest BCUT2D eigenvalue weighted by Crippen LogP contribution is 2.20. The number of nitro groups is 1. The summed E-state index contributed by atoms with van der Waals surface area (Å²) in [5.41, 5.74) is 0.491. The summed E-state index contributed by atoms with van der Waals surface area (Å²) in [6, 6.07) is 5.13. The zero-order valence-corrected chi connectivity index (χ0v) is 9.58. The lowest BCUT2D eigenvalue weighted by Gasteiger charge is -2.19. The van der Waals surface area contributed by atoms with Crippen LogP contribution in [0.1, 0.15) is 25.5 Å². The molecule has 92 valence electrons. The maximum Gasteiger partial charge on any atom is 0.269 e. The number of rotatable bonds is 4. The summed E-state index contributed by atoms with van der Waals surface area (Å²) in [5.74, 6) is -0.238. The van der Waals surface area contributed by atoms with Crippen LogP contribution in [0.25, 0.3) is 0 Å². The Kier molecular flexibility index (Phi) is 4.17. The first-order valence-electron chi connectivity index (χ1n) is 5.11. The molecular formula is C11H14N2O4. The van der Waals surface area contributed by atoms with Crippen LogP contribution < -0.4 is 5.32 Å². The van der Waals surface area contributed by atoms with Crippen LogP contribution in [-0.2, 0) is 4.79 Å². The predicted octanol–water partition coefficient (Wildman–Crippen LogP) is 1.15. The Hall–Kier alpha value is -1.95. The summed E-state index contributed by atoms with van der Waals surface area (Å²) in [7, 11) is 0. The predicted molar refractivity (Wildman–Crippen MR) is 61.3 cm³/mol. The molecule has 0 aromatic heterocycles. The van der Waals surface area contributed by atoms with Crippen molar-refractivity contribution in [3.8, 4) is 0 Å². The number of nitro benzene ring substituents is 1. The molecule has 2 N–H and O–H groups in total. The van der Waals surface area contributed by atoms with Gasteiger partial charge in [-0.25, -0.2) is 0 Å². The monoisotopic (exact) mass is 238 g/mol. The average Bonchev–Trinajstić information content (AvgIpc) is 2.27. The number of aliphatic hydroxyl groups is 1. The number of hydrogen-bond acceptors (Lipinski definition) is 4. The van der Waals surface area contributed by atoms with Crippen molar-refractivity contribution in [1.29, 1.82) is 0 Å². The number of nitrogens with one attached hydrogen (secondary N) is 1. The van der Waals surface area contributed by atoms with E-state index in [0.29, 0.717) is 5.56 Å². The van der Waals surface area contributed by atoms with E-state index in [4.69, 9.17) is 0 Å². The van der Waals surface area contributed by atoms with E-state index in [0.717, 1.165) is 0 Å². The average molecular weight is 238 g/mol. The van der Waals surface area contributed by atoms with E-state index in [1.54, 1.807) is 6.92 Å². The summed E-state index contributed by atoms with van der Waals surface area (Å²) in [5, 5.41) is 22.9. The number of amides is 1. The van der Waals surface area contributed by atoms with Crippen LogP contribution in [-0.4, -0.2) is 22.0 Å². The Morgan fingerprint density at radius 2 is 1.94 bits per heavy atom. The van der Waals surface area contributed by atoms with Crippen LogP contribution >= 0.6 is 0 Å². The van der Waals surface area contributed by atoms with Crippen molar-refractivity contribution in [2.24, 2.45) is 0 Å². The molecule has 0 spiro atoms. The quantitative estimate of drug-likeness (QED) is 0.608. The molecule has 1 rings (SSSR count). The summed E-state index contributed by atoms with van der Waals surface area (Å²) in [4.78, 5) is 20.8. The molecule has 0 aliphatic rings. The van der Waals surface area contributed by atoms with Gasteiger partial charge in [0.25, 0.3) is 5.69 Å². The van der Waals surface area contributed by atoms with Crippen molar-refractivity contribution in [2.75, 3.05) is 0 Å². The molecule has 0 fully saturated rings. The number of hydrogen-bond donors (Lipinski definition) is 2. The van der Waals surface area contributed by atoms with Gasteiger partial charge in [0.05, 0.1) is 17.1 Å². The van der Waals surface area contributed by atoms with Crippen LogP contribution in [0, 0.1) is 10.1 Å². The Balaban J connectivity index is 2.78. The van der Waals surface area contributed by atoms with Gasteiger partial charge in [-0.15, -0.1) is 0 Å². The molecule has 17 heavy (non-hydrogen) atoms. The molecule has 0 saturated carbocycles. The molecule has 1 aromatic carbocycles. The van der Waals surface area contributed by atoms with Crippen molar-refractivity contribution in [2.45, 2.75) is 26.0 Å². The largest absolute Gasteiger partial charge is 0.386 e. The summed E-state index contributed by atoms with van der Waals surface area (Å²) in [6.45, 7) is 3.02. The van der Waals surface area contributed by atoms with Gasteiger partial charge in [-0.2, -0.15) is 0 Å². The lowest BCUT2D eigenvalue weighted by Crippen LogP contribution is -2.35. The summed E-state index contributed by atoms with van der Waals surface area (Å²) < 4.78 is 0. The molecule has 6 heteroatoms. The molecular weight excluding hydrogens is 224 g/mol. The highest BCUT2D eigenvalue weighted by molar-refractivity contribution is 5.73. The van der Waals surface area contributed by atoms with Gasteiger partial charge in [-0.05, 0) is 24.6 Å². The first-order valence-corrected chi connectivity index (χ1v) is 5.11. The lowest BCUT2D eigenvalue weighted by atomic mass is 10.0. The van der Waals surface area contributed by atoms with Gasteiger partial charge in [0, 0.05) is 19.1 Å². The molecule has 0 aliphatic heterocycles. The van der Waals surface area contributed by atoms with E-state index in [9.17, 15) is 20.0 Å². The second-order valence-electron chi connectivity index (χ2n) is 3.78. The Morgan fingerprint density at radius 1 is 1.41 bits per heavy atom. The Morgan fingerprint density at radius 3 is 2.35 bits per heavy atom. The van der Waals surface area contributed by atoms with E-state index >= 15 is 0 Å². The van der Waals surface area contributed by atoms with Crippen molar-refractivity contribution in [1.82, 2.24) is 5.32 Å². The van der Waals surface area contributed by atoms with Crippen LogP contribution in [0.15, 0.2) is 24.3 Å². The second kappa shape index (κ2) is 5.40. The fourth-order valence-electron chi connectivity index (χ4n) is 1.48. The number of benzene rings is 1. The minimum absolute atomic E-state index is 0.0341. The number of non-ortho nitro benzene ring substituents is 1. The summed E-state index contributed by atoms with van der Waals surface area (Å²) >= 11 is 0. The normalized spacial score (nSPS) is 13.8. The molecule has 0 bridgehead atoms. The van der Waals surface area contributed by atoms with Gasteiger partial charge in [0.2, 0.25) is 5.91 Å². The Bertz CT molecular complexity index is 416. The topological polar surface area (TPSA) is 92.5 Å². The Labute approximate surface area is 98.4 Å². The molecule has 0 radical (unpaired) electrons. The van der Waals surface area contributed by atoms with Crippen molar-refractivity contribution in [3.05, 3.63) is 39.9 Å². The smallest absolute Gasteiger partial charge is 0.269 e. The zero-order chi connectivity index (χ0) is 13.0. The van der Waals surface area contributed by atoms with Crippen LogP contribution in [0.2, 0.25) is 0 Å². The molecule has 1 aromatic rings. The van der Waals surface area contributed by atoms with Gasteiger partial charge in [0.15, 0.2) is 0 Å². The van der Waals surface area contributed by atoms with Gasteiger partial charge >= 0.3 is 0 Å². The van der Waals surface area contributed by atoms with Gasteiger partial charge in [0.1, 0.15) is 0 Å². The number of carbonyl (C=O) groups is 1. The van der Waals surface area contributed by atoms with Crippen molar-refractivity contribution in [3.63, 3.8) is 0 Å². The first-order chi connectivity index (χ1) is 7.91. The summed E-state index contributed by atoms with van der Waals surface area (Å²) in [6.07, 6.45) is -0.889. The molecule has 1 unspecified atom stereocenters. The van der Waals surface area contributed by atoms with Crippen LogP contribution in [0.5, 0.6) is 0 Å².